The molecular formula is C13H15N3O3S2. The molecule has 2 heterocycles. The molecule has 2 aromatic heterocycles. The average molecular weight is 325 g/mol. The number of hydrogen-bond acceptors (Lipinski definition) is 7. The van der Waals surface area contributed by atoms with Crippen LogP contribution in [0.4, 0.5) is 0 Å². The zero-order valence-corrected chi connectivity index (χ0v) is 13.6. The Labute approximate surface area is 130 Å². The Kier molecular flexibility index (Phi) is 4.79. The lowest BCUT2D eigenvalue weighted by Gasteiger charge is -2.05. The van der Waals surface area contributed by atoms with E-state index in [1.807, 2.05) is 20.8 Å². The lowest BCUT2D eigenvalue weighted by molar-refractivity contribution is -0.145. The molecule has 1 amide bonds. The second-order valence-electron chi connectivity index (χ2n) is 4.46. The van der Waals surface area contributed by atoms with E-state index in [0.717, 1.165) is 20.8 Å². The quantitative estimate of drug-likeness (QED) is 0.511. The van der Waals surface area contributed by atoms with Gasteiger partial charge >= 0.3 is 5.97 Å². The van der Waals surface area contributed by atoms with Crippen LogP contribution in [0.1, 0.15) is 16.3 Å². The molecule has 112 valence electrons. The van der Waals surface area contributed by atoms with E-state index in [9.17, 15) is 9.59 Å². The summed E-state index contributed by atoms with van der Waals surface area (Å²) in [6.45, 7) is 5.47. The van der Waals surface area contributed by atoms with Crippen molar-refractivity contribution in [3.63, 3.8) is 0 Å². The summed E-state index contributed by atoms with van der Waals surface area (Å²) in [4.78, 5) is 33.0. The smallest absolute Gasteiger partial charge is 0.316 e. The Balaban J connectivity index is 2.18. The van der Waals surface area contributed by atoms with E-state index < -0.39 is 18.5 Å². The van der Waals surface area contributed by atoms with Gasteiger partial charge < -0.3 is 10.5 Å². The molecule has 8 heteroatoms. The molecule has 0 aromatic carbocycles. The highest BCUT2D eigenvalue weighted by Gasteiger charge is 2.15. The zero-order chi connectivity index (χ0) is 15.6. The summed E-state index contributed by atoms with van der Waals surface area (Å²) in [5, 5.41) is 1.74. The Hall–Kier alpha value is -1.67. The fourth-order valence-electron chi connectivity index (χ4n) is 1.74. The van der Waals surface area contributed by atoms with E-state index in [2.05, 4.69) is 9.97 Å². The molecule has 0 aliphatic heterocycles. The van der Waals surface area contributed by atoms with Crippen LogP contribution in [0.2, 0.25) is 0 Å². The standard InChI is InChI=1S/C13H15N3O3S2/c1-6-7(2)21-13-11(6)12(15-8(3)16-13)20-5-10(18)19-4-9(14)17/h4-5H2,1-3H3,(H2,14,17). The van der Waals surface area contributed by atoms with Crippen LogP contribution in [0.25, 0.3) is 10.2 Å². The lowest BCUT2D eigenvalue weighted by atomic mass is 10.2. The Morgan fingerprint density at radius 3 is 2.67 bits per heavy atom. The molecule has 6 nitrogen and oxygen atoms in total. The highest BCUT2D eigenvalue weighted by Crippen LogP contribution is 2.34. The lowest BCUT2D eigenvalue weighted by Crippen LogP contribution is -2.21. The minimum Gasteiger partial charge on any atom is -0.455 e. The van der Waals surface area contributed by atoms with Gasteiger partial charge in [-0.25, -0.2) is 9.97 Å². The summed E-state index contributed by atoms with van der Waals surface area (Å²) in [6, 6.07) is 0. The SMILES string of the molecule is Cc1nc(SCC(=O)OCC(N)=O)c2c(C)c(C)sc2n1. The van der Waals surface area contributed by atoms with E-state index in [0.29, 0.717) is 5.82 Å². The van der Waals surface area contributed by atoms with E-state index in [4.69, 9.17) is 10.5 Å². The summed E-state index contributed by atoms with van der Waals surface area (Å²) >= 11 is 2.89. The Morgan fingerprint density at radius 1 is 1.29 bits per heavy atom. The van der Waals surface area contributed by atoms with Crippen molar-refractivity contribution in [3.8, 4) is 0 Å². The molecule has 0 saturated heterocycles. The minimum absolute atomic E-state index is 0.0766. The van der Waals surface area contributed by atoms with Crippen molar-refractivity contribution in [1.82, 2.24) is 9.97 Å². The van der Waals surface area contributed by atoms with Crippen molar-refractivity contribution in [2.75, 3.05) is 12.4 Å². The number of primary amides is 1. The van der Waals surface area contributed by atoms with Crippen LogP contribution >= 0.6 is 23.1 Å². The number of ether oxygens (including phenoxy) is 1. The number of aryl methyl sites for hydroxylation is 3. The molecule has 21 heavy (non-hydrogen) atoms. The third kappa shape index (κ3) is 3.70. The van der Waals surface area contributed by atoms with Crippen molar-refractivity contribution in [2.45, 2.75) is 25.8 Å². The topological polar surface area (TPSA) is 95.2 Å². The van der Waals surface area contributed by atoms with Gasteiger partial charge in [0.25, 0.3) is 5.91 Å². The monoisotopic (exact) mass is 325 g/mol. The van der Waals surface area contributed by atoms with Crippen molar-refractivity contribution in [1.29, 1.82) is 0 Å². The number of thioether (sulfide) groups is 1. The Morgan fingerprint density at radius 2 is 2.00 bits per heavy atom. The number of carbonyl (C=O) groups is 2. The summed E-state index contributed by atoms with van der Waals surface area (Å²) < 4.78 is 4.73. The molecule has 0 unspecified atom stereocenters. The summed E-state index contributed by atoms with van der Waals surface area (Å²) in [7, 11) is 0. The maximum absolute atomic E-state index is 11.5. The fourth-order valence-corrected chi connectivity index (χ4v) is 3.81. The third-order valence-electron chi connectivity index (χ3n) is 2.81. The number of nitrogens with zero attached hydrogens (tertiary/aromatic N) is 2. The van der Waals surface area contributed by atoms with Gasteiger partial charge in [-0.1, -0.05) is 11.8 Å². The maximum atomic E-state index is 11.5. The van der Waals surface area contributed by atoms with Gasteiger partial charge in [0, 0.05) is 10.3 Å². The predicted molar refractivity (Wildman–Crippen MR) is 82.5 cm³/mol. The second kappa shape index (κ2) is 6.40. The van der Waals surface area contributed by atoms with Crippen molar-refractivity contribution >= 4 is 45.2 Å². The highest BCUT2D eigenvalue weighted by molar-refractivity contribution is 8.00. The molecule has 0 spiro atoms. The number of amides is 1. The van der Waals surface area contributed by atoms with Crippen LogP contribution in [0.15, 0.2) is 5.03 Å². The normalized spacial score (nSPS) is 10.8. The summed E-state index contributed by atoms with van der Waals surface area (Å²) in [5.74, 6) is -0.421. The zero-order valence-electron chi connectivity index (χ0n) is 11.9. The molecule has 0 aliphatic carbocycles. The van der Waals surface area contributed by atoms with Crippen molar-refractivity contribution in [2.24, 2.45) is 5.73 Å². The van der Waals surface area contributed by atoms with Crippen LogP contribution < -0.4 is 5.73 Å². The van der Waals surface area contributed by atoms with Crippen LogP contribution in [0.5, 0.6) is 0 Å². The van der Waals surface area contributed by atoms with Gasteiger partial charge in [0.1, 0.15) is 15.7 Å². The number of carbonyl (C=O) groups excluding carboxylic acids is 2. The van der Waals surface area contributed by atoms with E-state index in [-0.39, 0.29) is 5.75 Å². The first-order valence-electron chi connectivity index (χ1n) is 6.19. The van der Waals surface area contributed by atoms with Crippen LogP contribution in [-0.2, 0) is 14.3 Å². The number of rotatable bonds is 5. The molecule has 0 saturated carbocycles. The van der Waals surface area contributed by atoms with Gasteiger partial charge in [-0.3, -0.25) is 9.59 Å². The van der Waals surface area contributed by atoms with Gasteiger partial charge in [-0.15, -0.1) is 11.3 Å². The Bertz CT molecular complexity index is 712. The van der Waals surface area contributed by atoms with Gasteiger partial charge in [0.15, 0.2) is 6.61 Å². The fraction of sp³-hybridized carbons (Fsp3) is 0.385. The molecule has 2 aromatic rings. The van der Waals surface area contributed by atoms with Crippen molar-refractivity contribution < 1.29 is 14.3 Å². The first-order valence-corrected chi connectivity index (χ1v) is 7.99. The molecular weight excluding hydrogens is 310 g/mol. The molecule has 2 N–H and O–H groups in total. The molecule has 0 radical (unpaired) electrons. The molecule has 0 fully saturated rings. The van der Waals surface area contributed by atoms with Crippen LogP contribution in [0.3, 0.4) is 0 Å². The molecule has 0 atom stereocenters. The number of aromatic nitrogens is 2. The second-order valence-corrected chi connectivity index (χ2v) is 6.62. The molecule has 0 bridgehead atoms. The highest BCUT2D eigenvalue weighted by atomic mass is 32.2. The predicted octanol–water partition coefficient (Wildman–Crippen LogP) is 1.74. The minimum atomic E-state index is -0.669. The molecule has 0 aliphatic rings. The van der Waals surface area contributed by atoms with E-state index in [1.165, 1.54) is 16.6 Å². The number of fused-ring (bicyclic) bond motifs is 1. The first kappa shape index (κ1) is 15.7. The van der Waals surface area contributed by atoms with Gasteiger partial charge in [0.05, 0.1) is 5.75 Å². The average Bonchev–Trinajstić information content (AvgIpc) is 2.68. The number of thiophene rings is 1. The van der Waals surface area contributed by atoms with Gasteiger partial charge in [-0.2, -0.15) is 0 Å². The summed E-state index contributed by atoms with van der Waals surface area (Å²) in [5.41, 5.74) is 6.05. The van der Waals surface area contributed by atoms with Crippen LogP contribution in [0, 0.1) is 20.8 Å². The van der Waals surface area contributed by atoms with Crippen LogP contribution in [-0.4, -0.2) is 34.2 Å². The number of hydrogen-bond donors (Lipinski definition) is 1. The van der Waals surface area contributed by atoms with Crippen molar-refractivity contribution in [3.05, 3.63) is 16.3 Å². The van der Waals surface area contributed by atoms with Gasteiger partial charge in [-0.05, 0) is 26.3 Å². The molecule has 2 rings (SSSR count). The summed E-state index contributed by atoms with van der Waals surface area (Å²) in [6.07, 6.45) is 0. The number of esters is 1. The number of nitrogens with two attached hydrogens (primary N) is 1. The van der Waals surface area contributed by atoms with E-state index >= 15 is 0 Å². The first-order chi connectivity index (χ1) is 9.88. The maximum Gasteiger partial charge on any atom is 0.316 e. The van der Waals surface area contributed by atoms with E-state index in [1.54, 1.807) is 11.3 Å². The third-order valence-corrected chi connectivity index (χ3v) is 4.86. The largest absolute Gasteiger partial charge is 0.455 e. The van der Waals surface area contributed by atoms with Gasteiger partial charge in [0.2, 0.25) is 0 Å².